The molecule has 6 nitrogen and oxygen atoms in total. The van der Waals surface area contributed by atoms with Gasteiger partial charge in [0.2, 0.25) is 5.95 Å². The summed E-state index contributed by atoms with van der Waals surface area (Å²) >= 11 is 1.60. The number of hydrogen-bond donors (Lipinski definition) is 2. The summed E-state index contributed by atoms with van der Waals surface area (Å²) in [5.41, 5.74) is 0. The zero-order chi connectivity index (χ0) is 13.9. The molecule has 1 fully saturated rings. The van der Waals surface area contributed by atoms with E-state index in [0.717, 1.165) is 48.3 Å². The number of ether oxygens (including phenoxy) is 1. The molecule has 0 saturated carbocycles. The average molecular weight is 293 g/mol. The minimum atomic E-state index is 0.613. The number of hydrogen-bond acceptors (Lipinski definition) is 6. The molecule has 0 radical (unpaired) electrons. The normalized spacial score (nSPS) is 16.6. The lowest BCUT2D eigenvalue weighted by molar-refractivity contribution is 0.418. The molecule has 0 amide bonds. The van der Waals surface area contributed by atoms with E-state index in [2.05, 4.69) is 25.4 Å². The fraction of sp³-hybridized carbons (Fsp3) is 0.538. The van der Waals surface area contributed by atoms with Crippen molar-refractivity contribution in [2.24, 2.45) is 0 Å². The lowest BCUT2D eigenvalue weighted by Crippen LogP contribution is -2.41. The van der Waals surface area contributed by atoms with Crippen molar-refractivity contribution in [1.82, 2.24) is 20.5 Å². The van der Waals surface area contributed by atoms with Gasteiger partial charge in [0.25, 0.3) is 0 Å². The van der Waals surface area contributed by atoms with E-state index in [0.29, 0.717) is 6.04 Å². The maximum Gasteiger partial charge on any atom is 0.245 e. The van der Waals surface area contributed by atoms with Crippen LogP contribution >= 0.6 is 11.3 Å². The summed E-state index contributed by atoms with van der Waals surface area (Å²) in [7, 11) is 3.69. The van der Waals surface area contributed by atoms with Gasteiger partial charge in [0.05, 0.1) is 7.11 Å². The molecule has 0 atom stereocenters. The molecule has 0 aromatic carbocycles. The predicted octanol–water partition coefficient (Wildman–Crippen LogP) is 1.73. The topological polar surface area (TPSA) is 66.1 Å². The molecular formula is C13H19N5OS. The van der Waals surface area contributed by atoms with Crippen LogP contribution in [0.5, 0.6) is 5.75 Å². The number of H-pyrrole nitrogens is 1. The monoisotopic (exact) mass is 293 g/mol. The van der Waals surface area contributed by atoms with Crippen molar-refractivity contribution in [2.45, 2.75) is 18.9 Å². The van der Waals surface area contributed by atoms with Gasteiger partial charge in [0.15, 0.2) is 5.82 Å². The van der Waals surface area contributed by atoms with Gasteiger partial charge in [-0.3, -0.25) is 5.10 Å². The maximum absolute atomic E-state index is 5.32. The summed E-state index contributed by atoms with van der Waals surface area (Å²) in [6.07, 6.45) is 2.26. The van der Waals surface area contributed by atoms with Crippen LogP contribution in [0.15, 0.2) is 11.4 Å². The average Bonchev–Trinajstić information content (AvgIpc) is 3.15. The van der Waals surface area contributed by atoms with Crippen LogP contribution in [0.3, 0.4) is 0 Å². The summed E-state index contributed by atoms with van der Waals surface area (Å²) in [5.74, 6) is 2.40. The fourth-order valence-corrected chi connectivity index (χ4v) is 3.29. The van der Waals surface area contributed by atoms with Gasteiger partial charge in [-0.2, -0.15) is 4.98 Å². The number of nitrogens with zero attached hydrogens (tertiary/aromatic N) is 3. The first-order valence-corrected chi connectivity index (χ1v) is 7.66. The van der Waals surface area contributed by atoms with E-state index in [4.69, 9.17) is 4.74 Å². The van der Waals surface area contributed by atoms with Gasteiger partial charge in [0.1, 0.15) is 10.6 Å². The molecule has 1 aliphatic rings. The number of thiophene rings is 1. The predicted molar refractivity (Wildman–Crippen MR) is 80.5 cm³/mol. The molecule has 20 heavy (non-hydrogen) atoms. The summed E-state index contributed by atoms with van der Waals surface area (Å²) < 4.78 is 5.32. The minimum Gasteiger partial charge on any atom is -0.495 e. The molecule has 0 spiro atoms. The molecule has 0 unspecified atom stereocenters. The highest BCUT2D eigenvalue weighted by molar-refractivity contribution is 7.13. The highest BCUT2D eigenvalue weighted by atomic mass is 32.1. The molecule has 0 bridgehead atoms. The van der Waals surface area contributed by atoms with Crippen LogP contribution in [0.2, 0.25) is 0 Å². The van der Waals surface area contributed by atoms with E-state index >= 15 is 0 Å². The quantitative estimate of drug-likeness (QED) is 0.898. The van der Waals surface area contributed by atoms with Crippen molar-refractivity contribution < 1.29 is 4.74 Å². The van der Waals surface area contributed by atoms with Gasteiger partial charge in [-0.1, -0.05) is 0 Å². The van der Waals surface area contributed by atoms with Gasteiger partial charge in [-0.25, -0.2) is 0 Å². The number of aromatic nitrogens is 3. The van der Waals surface area contributed by atoms with E-state index in [1.807, 2.05) is 18.5 Å². The van der Waals surface area contributed by atoms with Crippen LogP contribution in [0.4, 0.5) is 5.95 Å². The fourth-order valence-electron chi connectivity index (χ4n) is 2.49. The molecule has 7 heteroatoms. The minimum absolute atomic E-state index is 0.613. The zero-order valence-electron chi connectivity index (χ0n) is 11.7. The van der Waals surface area contributed by atoms with Crippen LogP contribution in [0.1, 0.15) is 12.8 Å². The Kier molecular flexibility index (Phi) is 3.88. The van der Waals surface area contributed by atoms with Crippen LogP contribution in [-0.2, 0) is 0 Å². The Bertz CT molecular complexity index is 559. The molecule has 108 valence electrons. The lowest BCUT2D eigenvalue weighted by Gasteiger charge is -2.30. The Morgan fingerprint density at radius 2 is 2.25 bits per heavy atom. The van der Waals surface area contributed by atoms with E-state index < -0.39 is 0 Å². The molecule has 1 aliphatic heterocycles. The molecule has 0 aliphatic carbocycles. The zero-order valence-corrected chi connectivity index (χ0v) is 12.5. The number of methoxy groups -OCH3 is 1. The molecule has 2 aromatic rings. The van der Waals surface area contributed by atoms with Gasteiger partial charge >= 0.3 is 0 Å². The highest BCUT2D eigenvalue weighted by Gasteiger charge is 2.21. The second-order valence-electron chi connectivity index (χ2n) is 4.85. The highest BCUT2D eigenvalue weighted by Crippen LogP contribution is 2.33. The van der Waals surface area contributed by atoms with Gasteiger partial charge in [0, 0.05) is 19.1 Å². The first-order chi connectivity index (χ1) is 9.81. The van der Waals surface area contributed by atoms with Crippen molar-refractivity contribution >= 4 is 17.3 Å². The second-order valence-corrected chi connectivity index (χ2v) is 5.77. The summed E-state index contributed by atoms with van der Waals surface area (Å²) in [6.45, 7) is 1.98. The number of aromatic amines is 1. The molecular weight excluding hydrogens is 274 g/mol. The van der Waals surface area contributed by atoms with Crippen LogP contribution in [-0.4, -0.2) is 48.5 Å². The van der Waals surface area contributed by atoms with Crippen LogP contribution in [0.25, 0.3) is 10.7 Å². The van der Waals surface area contributed by atoms with Gasteiger partial charge in [-0.15, -0.1) is 16.4 Å². The molecule has 2 aromatic heterocycles. The summed E-state index contributed by atoms with van der Waals surface area (Å²) in [4.78, 5) is 7.83. The van der Waals surface area contributed by atoms with E-state index in [1.54, 1.807) is 18.4 Å². The third kappa shape index (κ3) is 2.51. The second kappa shape index (κ2) is 5.80. The maximum atomic E-state index is 5.32. The number of anilines is 1. The van der Waals surface area contributed by atoms with Crippen molar-refractivity contribution in [3.05, 3.63) is 11.4 Å². The number of piperidine rings is 1. The van der Waals surface area contributed by atoms with Crippen molar-refractivity contribution in [3.8, 4) is 16.5 Å². The lowest BCUT2D eigenvalue weighted by atomic mass is 10.1. The molecule has 3 heterocycles. The first kappa shape index (κ1) is 13.4. The number of rotatable bonds is 4. The Hall–Kier alpha value is -1.60. The molecule has 3 rings (SSSR count). The Labute approximate surface area is 122 Å². The smallest absolute Gasteiger partial charge is 0.245 e. The van der Waals surface area contributed by atoms with Crippen molar-refractivity contribution in [1.29, 1.82) is 0 Å². The van der Waals surface area contributed by atoms with E-state index in [9.17, 15) is 0 Å². The summed E-state index contributed by atoms with van der Waals surface area (Å²) in [5, 5.41) is 12.7. The first-order valence-electron chi connectivity index (χ1n) is 6.78. The summed E-state index contributed by atoms with van der Waals surface area (Å²) in [6, 6.07) is 2.56. The largest absolute Gasteiger partial charge is 0.495 e. The third-order valence-electron chi connectivity index (χ3n) is 3.72. The van der Waals surface area contributed by atoms with Gasteiger partial charge in [-0.05, 0) is 31.3 Å². The van der Waals surface area contributed by atoms with Crippen molar-refractivity contribution in [2.75, 3.05) is 32.1 Å². The van der Waals surface area contributed by atoms with Crippen LogP contribution in [0, 0.1) is 0 Å². The Morgan fingerprint density at radius 1 is 1.45 bits per heavy atom. The van der Waals surface area contributed by atoms with Gasteiger partial charge < -0.3 is 15.0 Å². The Morgan fingerprint density at radius 3 is 2.95 bits per heavy atom. The van der Waals surface area contributed by atoms with E-state index in [-0.39, 0.29) is 0 Å². The third-order valence-corrected chi connectivity index (χ3v) is 4.63. The van der Waals surface area contributed by atoms with E-state index in [1.165, 1.54) is 0 Å². The van der Waals surface area contributed by atoms with Crippen LogP contribution < -0.4 is 15.0 Å². The molecule has 1 saturated heterocycles. The Balaban J connectivity index is 1.74. The van der Waals surface area contributed by atoms with Crippen molar-refractivity contribution in [3.63, 3.8) is 0 Å². The molecule has 2 N–H and O–H groups in total. The number of nitrogens with one attached hydrogen (secondary N) is 2. The standard InChI is InChI=1S/C13H19N5OS/c1-14-9-3-6-18(7-4-9)13-15-12(16-17-13)11-10(19-2)5-8-20-11/h5,8-9,14H,3-4,6-7H2,1-2H3,(H,15,16,17). The SMILES string of the molecule is CNC1CCN(c2n[nH]c(-c3sccc3OC)n2)CC1.